The van der Waals surface area contributed by atoms with E-state index in [1.54, 1.807) is 0 Å². The first-order chi connectivity index (χ1) is 13.7. The molecule has 2 aliphatic rings. The lowest BCUT2D eigenvalue weighted by molar-refractivity contribution is 0.0320. The molecule has 0 aliphatic carbocycles. The summed E-state index contributed by atoms with van der Waals surface area (Å²) in [6.45, 7) is 10.6. The Bertz CT molecular complexity index is 730. The molecule has 152 valence electrons. The van der Waals surface area contributed by atoms with Crippen LogP contribution in [0.5, 0.6) is 0 Å². The van der Waals surface area contributed by atoms with Gasteiger partial charge in [-0.1, -0.05) is 0 Å². The number of rotatable bonds is 6. The largest absolute Gasteiger partial charge is 0.379 e. The molecule has 2 aliphatic heterocycles. The zero-order chi connectivity index (χ0) is 19.3. The Balaban J connectivity index is 1.26. The Morgan fingerprint density at radius 2 is 1.71 bits per heavy atom. The smallest absolute Gasteiger partial charge is 0.110 e. The van der Waals surface area contributed by atoms with E-state index in [4.69, 9.17) is 4.74 Å². The van der Waals surface area contributed by atoms with Crippen LogP contribution >= 0.6 is 0 Å². The highest BCUT2D eigenvalue weighted by molar-refractivity contribution is 5.51. The summed E-state index contributed by atoms with van der Waals surface area (Å²) in [6.07, 6.45) is 6.34. The molecular weight excluding hydrogens is 350 g/mol. The first kappa shape index (κ1) is 19.4. The summed E-state index contributed by atoms with van der Waals surface area (Å²) in [5, 5.41) is 0. The van der Waals surface area contributed by atoms with Gasteiger partial charge in [0.2, 0.25) is 0 Å². The van der Waals surface area contributed by atoms with Gasteiger partial charge >= 0.3 is 0 Å². The fourth-order valence-corrected chi connectivity index (χ4v) is 4.35. The van der Waals surface area contributed by atoms with Crippen molar-refractivity contribution in [1.29, 1.82) is 0 Å². The van der Waals surface area contributed by atoms with Crippen LogP contribution in [0.15, 0.2) is 36.7 Å². The standard InChI is InChI=1S/C22H33N5O/c1-19-23-9-12-27(19)22-5-3-21(4-6-22)26-10-7-20(8-11-26)24(2)13-14-25-15-17-28-18-16-25/h3-6,9,12,20H,7-8,10-11,13-18H2,1-2H3. The summed E-state index contributed by atoms with van der Waals surface area (Å²) in [7, 11) is 2.29. The van der Waals surface area contributed by atoms with E-state index in [-0.39, 0.29) is 0 Å². The average Bonchev–Trinajstić information content (AvgIpc) is 3.19. The van der Waals surface area contributed by atoms with Gasteiger partial charge in [-0.25, -0.2) is 4.98 Å². The maximum atomic E-state index is 5.45. The molecule has 3 heterocycles. The van der Waals surface area contributed by atoms with Crippen LogP contribution in [0.2, 0.25) is 0 Å². The minimum absolute atomic E-state index is 0.699. The van der Waals surface area contributed by atoms with Gasteiger partial charge in [-0.15, -0.1) is 0 Å². The maximum Gasteiger partial charge on any atom is 0.110 e. The predicted molar refractivity (Wildman–Crippen MR) is 113 cm³/mol. The second kappa shape index (κ2) is 9.07. The third-order valence-corrected chi connectivity index (χ3v) is 6.28. The number of piperidine rings is 1. The number of nitrogens with zero attached hydrogens (tertiary/aromatic N) is 5. The third kappa shape index (κ3) is 4.57. The third-order valence-electron chi connectivity index (χ3n) is 6.28. The Morgan fingerprint density at radius 3 is 2.36 bits per heavy atom. The summed E-state index contributed by atoms with van der Waals surface area (Å²) < 4.78 is 7.57. The molecule has 0 amide bonds. The lowest BCUT2D eigenvalue weighted by Gasteiger charge is -2.39. The van der Waals surface area contributed by atoms with Gasteiger partial charge in [-0.3, -0.25) is 4.90 Å². The highest BCUT2D eigenvalue weighted by Crippen LogP contribution is 2.23. The van der Waals surface area contributed by atoms with Crippen molar-refractivity contribution in [3.63, 3.8) is 0 Å². The van der Waals surface area contributed by atoms with Gasteiger partial charge in [-0.05, 0) is 51.1 Å². The molecule has 1 aromatic carbocycles. The van der Waals surface area contributed by atoms with Gasteiger partial charge in [0.25, 0.3) is 0 Å². The van der Waals surface area contributed by atoms with Gasteiger partial charge in [0.1, 0.15) is 5.82 Å². The second-order valence-corrected chi connectivity index (χ2v) is 8.01. The lowest BCUT2D eigenvalue weighted by atomic mass is 10.0. The Morgan fingerprint density at radius 1 is 1.04 bits per heavy atom. The van der Waals surface area contributed by atoms with Crippen LogP contribution in [0.4, 0.5) is 5.69 Å². The minimum atomic E-state index is 0.699. The molecule has 2 aromatic rings. The number of aryl methyl sites for hydroxylation is 1. The molecule has 1 aromatic heterocycles. The van der Waals surface area contributed by atoms with Crippen molar-refractivity contribution in [2.24, 2.45) is 0 Å². The van der Waals surface area contributed by atoms with E-state index in [9.17, 15) is 0 Å². The Hall–Kier alpha value is -1.89. The number of morpholine rings is 1. The van der Waals surface area contributed by atoms with E-state index < -0.39 is 0 Å². The number of anilines is 1. The van der Waals surface area contributed by atoms with E-state index in [2.05, 4.69) is 55.6 Å². The molecule has 0 unspecified atom stereocenters. The topological polar surface area (TPSA) is 36.8 Å². The summed E-state index contributed by atoms with van der Waals surface area (Å²) >= 11 is 0. The summed E-state index contributed by atoms with van der Waals surface area (Å²) in [4.78, 5) is 11.9. The van der Waals surface area contributed by atoms with Gasteiger partial charge in [0.15, 0.2) is 0 Å². The van der Waals surface area contributed by atoms with Crippen LogP contribution in [0.25, 0.3) is 5.69 Å². The van der Waals surface area contributed by atoms with Crippen molar-refractivity contribution in [2.75, 3.05) is 64.4 Å². The highest BCUT2D eigenvalue weighted by Gasteiger charge is 2.23. The van der Waals surface area contributed by atoms with Crippen LogP contribution in [-0.4, -0.2) is 84.9 Å². The zero-order valence-corrected chi connectivity index (χ0v) is 17.3. The van der Waals surface area contributed by atoms with Crippen LogP contribution in [0, 0.1) is 6.92 Å². The summed E-state index contributed by atoms with van der Waals surface area (Å²) in [5.41, 5.74) is 2.51. The van der Waals surface area contributed by atoms with Crippen molar-refractivity contribution in [2.45, 2.75) is 25.8 Å². The molecule has 6 nitrogen and oxygen atoms in total. The number of hydrogen-bond acceptors (Lipinski definition) is 5. The first-order valence-corrected chi connectivity index (χ1v) is 10.6. The monoisotopic (exact) mass is 383 g/mol. The van der Waals surface area contributed by atoms with E-state index in [1.807, 2.05) is 19.3 Å². The van der Waals surface area contributed by atoms with Crippen molar-refractivity contribution >= 4 is 5.69 Å². The van der Waals surface area contributed by atoms with Gasteiger partial charge in [-0.2, -0.15) is 0 Å². The lowest BCUT2D eigenvalue weighted by Crippen LogP contribution is -2.47. The molecule has 4 rings (SSSR count). The predicted octanol–water partition coefficient (Wildman–Crippen LogP) is 2.41. The molecule has 0 bridgehead atoms. The minimum Gasteiger partial charge on any atom is -0.379 e. The number of likely N-dealkylation sites (N-methyl/N-ethyl adjacent to an activating group) is 1. The molecule has 28 heavy (non-hydrogen) atoms. The molecular formula is C22H33N5O. The molecule has 0 atom stereocenters. The van der Waals surface area contributed by atoms with Gasteiger partial charge in [0.05, 0.1) is 13.2 Å². The van der Waals surface area contributed by atoms with Gasteiger partial charge in [0, 0.05) is 69.1 Å². The van der Waals surface area contributed by atoms with E-state index in [0.29, 0.717) is 6.04 Å². The van der Waals surface area contributed by atoms with Crippen LogP contribution in [-0.2, 0) is 4.74 Å². The van der Waals surface area contributed by atoms with Crippen molar-refractivity contribution in [3.8, 4) is 5.69 Å². The average molecular weight is 384 g/mol. The second-order valence-electron chi connectivity index (χ2n) is 8.01. The maximum absolute atomic E-state index is 5.45. The molecule has 0 N–H and O–H groups in total. The quantitative estimate of drug-likeness (QED) is 0.766. The summed E-state index contributed by atoms with van der Waals surface area (Å²) in [5.74, 6) is 1.02. The fourth-order valence-electron chi connectivity index (χ4n) is 4.35. The normalized spacial score (nSPS) is 19.5. The Labute approximate surface area is 168 Å². The number of aromatic nitrogens is 2. The molecule has 6 heteroatoms. The molecule has 2 saturated heterocycles. The zero-order valence-electron chi connectivity index (χ0n) is 17.3. The Kier molecular flexibility index (Phi) is 6.29. The number of benzene rings is 1. The highest BCUT2D eigenvalue weighted by atomic mass is 16.5. The van der Waals surface area contributed by atoms with E-state index in [0.717, 1.165) is 58.3 Å². The fraction of sp³-hybridized carbons (Fsp3) is 0.591. The first-order valence-electron chi connectivity index (χ1n) is 10.6. The van der Waals surface area contributed by atoms with Crippen LogP contribution < -0.4 is 4.90 Å². The van der Waals surface area contributed by atoms with Crippen molar-refractivity contribution < 1.29 is 4.74 Å². The number of ether oxygens (including phenoxy) is 1. The molecule has 0 radical (unpaired) electrons. The number of imidazole rings is 1. The molecule has 2 fully saturated rings. The van der Waals surface area contributed by atoms with Crippen molar-refractivity contribution in [3.05, 3.63) is 42.5 Å². The van der Waals surface area contributed by atoms with E-state index in [1.165, 1.54) is 24.2 Å². The number of hydrogen-bond donors (Lipinski definition) is 0. The molecule has 0 spiro atoms. The summed E-state index contributed by atoms with van der Waals surface area (Å²) in [6, 6.07) is 9.59. The van der Waals surface area contributed by atoms with Gasteiger partial charge < -0.3 is 19.1 Å². The van der Waals surface area contributed by atoms with Crippen LogP contribution in [0.3, 0.4) is 0 Å². The van der Waals surface area contributed by atoms with E-state index >= 15 is 0 Å². The van der Waals surface area contributed by atoms with Crippen LogP contribution in [0.1, 0.15) is 18.7 Å². The van der Waals surface area contributed by atoms with Crippen molar-refractivity contribution in [1.82, 2.24) is 19.4 Å². The molecule has 0 saturated carbocycles. The SMILES string of the molecule is Cc1nccn1-c1ccc(N2CCC(N(C)CCN3CCOCC3)CC2)cc1.